The van der Waals surface area contributed by atoms with Gasteiger partial charge >= 0.3 is 6.18 Å². The average molecular weight is 282 g/mol. The second-order valence-corrected chi connectivity index (χ2v) is 4.28. The van der Waals surface area contributed by atoms with Crippen molar-refractivity contribution < 1.29 is 13.2 Å². The molecule has 0 bridgehead atoms. The van der Waals surface area contributed by atoms with E-state index in [-0.39, 0.29) is 17.7 Å². The first-order valence-electron chi connectivity index (χ1n) is 5.89. The second-order valence-electron chi connectivity index (χ2n) is 4.28. The zero-order chi connectivity index (χ0) is 14.8. The number of halogens is 3. The summed E-state index contributed by atoms with van der Waals surface area (Å²) >= 11 is 0. The van der Waals surface area contributed by atoms with Gasteiger partial charge in [-0.25, -0.2) is 9.97 Å². The molecule has 0 spiro atoms. The number of hydrogen-bond donors (Lipinski definition) is 2. The summed E-state index contributed by atoms with van der Waals surface area (Å²) in [5.74, 6) is -1.43. The van der Waals surface area contributed by atoms with E-state index >= 15 is 0 Å². The maximum Gasteiger partial charge on any atom is 0.451 e. The SMILES string of the molecule is CC(Nc1cc(N)nc(C(F)(F)F)n1)c1ccccc1. The Bertz CT molecular complexity index is 584. The number of hydrogen-bond acceptors (Lipinski definition) is 4. The summed E-state index contributed by atoms with van der Waals surface area (Å²) in [5, 5.41) is 2.88. The first-order valence-corrected chi connectivity index (χ1v) is 5.89. The third kappa shape index (κ3) is 3.37. The predicted molar refractivity (Wildman–Crippen MR) is 69.9 cm³/mol. The lowest BCUT2D eigenvalue weighted by molar-refractivity contribution is -0.144. The van der Waals surface area contributed by atoms with Crippen molar-refractivity contribution in [1.82, 2.24) is 9.97 Å². The van der Waals surface area contributed by atoms with Crippen molar-refractivity contribution in [1.29, 1.82) is 0 Å². The van der Waals surface area contributed by atoms with Crippen LogP contribution in [0.1, 0.15) is 24.4 Å². The molecule has 1 atom stereocenters. The molecule has 1 aromatic carbocycles. The van der Waals surface area contributed by atoms with Gasteiger partial charge < -0.3 is 11.1 Å². The highest BCUT2D eigenvalue weighted by molar-refractivity contribution is 5.46. The van der Waals surface area contributed by atoms with E-state index in [0.29, 0.717) is 0 Å². The molecule has 2 aromatic rings. The van der Waals surface area contributed by atoms with E-state index < -0.39 is 12.0 Å². The minimum Gasteiger partial charge on any atom is -0.384 e. The maximum absolute atomic E-state index is 12.6. The van der Waals surface area contributed by atoms with Crippen molar-refractivity contribution in [2.75, 3.05) is 11.1 Å². The normalized spacial score (nSPS) is 13.0. The lowest BCUT2D eigenvalue weighted by Crippen LogP contribution is -2.15. The largest absolute Gasteiger partial charge is 0.451 e. The van der Waals surface area contributed by atoms with E-state index in [1.54, 1.807) is 0 Å². The average Bonchev–Trinajstić information content (AvgIpc) is 2.38. The van der Waals surface area contributed by atoms with Crippen molar-refractivity contribution in [3.05, 3.63) is 47.8 Å². The molecule has 0 fully saturated rings. The first kappa shape index (κ1) is 14.1. The minimum atomic E-state index is -4.62. The summed E-state index contributed by atoms with van der Waals surface area (Å²) in [7, 11) is 0. The monoisotopic (exact) mass is 282 g/mol. The number of nitrogens with one attached hydrogen (secondary N) is 1. The number of nitrogen functional groups attached to an aromatic ring is 1. The number of aromatic nitrogens is 2. The molecule has 7 heteroatoms. The standard InChI is InChI=1S/C13H13F3N4/c1-8(9-5-3-2-4-6-9)18-11-7-10(17)19-12(20-11)13(14,15)16/h2-8H,1H3,(H3,17,18,19,20). The van der Waals surface area contributed by atoms with Crippen LogP contribution in [0.3, 0.4) is 0 Å². The molecule has 2 rings (SSSR count). The topological polar surface area (TPSA) is 63.8 Å². The van der Waals surface area contributed by atoms with Gasteiger partial charge in [0.25, 0.3) is 0 Å². The molecule has 20 heavy (non-hydrogen) atoms. The molecule has 0 saturated carbocycles. The Labute approximate surface area is 113 Å². The summed E-state index contributed by atoms with van der Waals surface area (Å²) in [6.07, 6.45) is -4.62. The van der Waals surface area contributed by atoms with Crippen LogP contribution in [-0.4, -0.2) is 9.97 Å². The van der Waals surface area contributed by atoms with E-state index in [4.69, 9.17) is 5.73 Å². The van der Waals surface area contributed by atoms with Gasteiger partial charge in [-0.05, 0) is 12.5 Å². The van der Waals surface area contributed by atoms with Crippen molar-refractivity contribution in [2.45, 2.75) is 19.1 Å². The highest BCUT2D eigenvalue weighted by atomic mass is 19.4. The number of anilines is 2. The Morgan fingerprint density at radius 1 is 1.15 bits per heavy atom. The molecule has 4 nitrogen and oxygen atoms in total. The summed E-state index contributed by atoms with van der Waals surface area (Å²) in [5.41, 5.74) is 6.31. The van der Waals surface area contributed by atoms with Gasteiger partial charge in [0.05, 0.1) is 0 Å². The van der Waals surface area contributed by atoms with Gasteiger partial charge in [0.1, 0.15) is 11.6 Å². The zero-order valence-electron chi connectivity index (χ0n) is 10.6. The van der Waals surface area contributed by atoms with Gasteiger partial charge in [-0.2, -0.15) is 13.2 Å². The van der Waals surface area contributed by atoms with Crippen LogP contribution in [-0.2, 0) is 6.18 Å². The van der Waals surface area contributed by atoms with Crippen LogP contribution in [0.25, 0.3) is 0 Å². The number of nitrogens with zero attached hydrogens (tertiary/aromatic N) is 2. The summed E-state index contributed by atoms with van der Waals surface area (Å²) in [6, 6.07) is 10.4. The van der Waals surface area contributed by atoms with Gasteiger partial charge in [-0.3, -0.25) is 0 Å². The van der Waals surface area contributed by atoms with Crippen LogP contribution in [0.4, 0.5) is 24.8 Å². The zero-order valence-corrected chi connectivity index (χ0v) is 10.6. The van der Waals surface area contributed by atoms with E-state index in [0.717, 1.165) is 5.56 Å². The van der Waals surface area contributed by atoms with Crippen LogP contribution in [0, 0.1) is 0 Å². The molecule has 0 aliphatic carbocycles. The quantitative estimate of drug-likeness (QED) is 0.907. The summed E-state index contributed by atoms with van der Waals surface area (Å²) in [6.45, 7) is 1.82. The molecule has 3 N–H and O–H groups in total. The molecular formula is C13H13F3N4. The fourth-order valence-corrected chi connectivity index (χ4v) is 1.71. The molecular weight excluding hydrogens is 269 g/mol. The molecule has 106 valence electrons. The molecule has 0 aliphatic heterocycles. The Morgan fingerprint density at radius 2 is 1.80 bits per heavy atom. The molecule has 1 unspecified atom stereocenters. The van der Waals surface area contributed by atoms with E-state index in [1.807, 2.05) is 37.3 Å². The van der Waals surface area contributed by atoms with E-state index in [9.17, 15) is 13.2 Å². The van der Waals surface area contributed by atoms with Crippen molar-refractivity contribution in [2.24, 2.45) is 0 Å². The Balaban J connectivity index is 2.24. The smallest absolute Gasteiger partial charge is 0.384 e. The van der Waals surface area contributed by atoms with Gasteiger partial charge in [0.15, 0.2) is 0 Å². The molecule has 1 heterocycles. The number of nitrogens with two attached hydrogens (primary N) is 1. The van der Waals surface area contributed by atoms with E-state index in [1.165, 1.54) is 6.07 Å². The number of rotatable bonds is 3. The van der Waals surface area contributed by atoms with Crippen LogP contribution < -0.4 is 11.1 Å². The molecule has 1 aromatic heterocycles. The van der Waals surface area contributed by atoms with Crippen molar-refractivity contribution in [3.63, 3.8) is 0 Å². The first-order chi connectivity index (χ1) is 9.36. The predicted octanol–water partition coefficient (Wildman–Crippen LogP) is 3.25. The van der Waals surface area contributed by atoms with Crippen LogP contribution in [0.5, 0.6) is 0 Å². The lowest BCUT2D eigenvalue weighted by atomic mass is 10.1. The highest BCUT2D eigenvalue weighted by Crippen LogP contribution is 2.28. The molecule has 0 amide bonds. The van der Waals surface area contributed by atoms with Crippen molar-refractivity contribution in [3.8, 4) is 0 Å². The molecule has 0 radical (unpaired) electrons. The van der Waals surface area contributed by atoms with Gasteiger partial charge in [0.2, 0.25) is 5.82 Å². The Kier molecular flexibility index (Phi) is 3.78. The number of alkyl halides is 3. The Morgan fingerprint density at radius 3 is 2.40 bits per heavy atom. The number of benzene rings is 1. The molecule has 0 aliphatic rings. The lowest BCUT2D eigenvalue weighted by Gasteiger charge is -2.16. The van der Waals surface area contributed by atoms with Crippen LogP contribution in [0.2, 0.25) is 0 Å². The van der Waals surface area contributed by atoms with Crippen molar-refractivity contribution >= 4 is 11.6 Å². The summed E-state index contributed by atoms with van der Waals surface area (Å²) < 4.78 is 37.8. The maximum atomic E-state index is 12.6. The fraction of sp³-hybridized carbons (Fsp3) is 0.231. The second kappa shape index (κ2) is 5.36. The van der Waals surface area contributed by atoms with Gasteiger partial charge in [0, 0.05) is 12.1 Å². The summed E-state index contributed by atoms with van der Waals surface area (Å²) in [4.78, 5) is 6.63. The fourth-order valence-electron chi connectivity index (χ4n) is 1.71. The molecule has 0 saturated heterocycles. The van der Waals surface area contributed by atoms with Crippen LogP contribution in [0.15, 0.2) is 36.4 Å². The highest BCUT2D eigenvalue weighted by Gasteiger charge is 2.35. The van der Waals surface area contributed by atoms with Gasteiger partial charge in [-0.15, -0.1) is 0 Å². The van der Waals surface area contributed by atoms with Gasteiger partial charge in [-0.1, -0.05) is 30.3 Å². The van der Waals surface area contributed by atoms with Crippen LogP contribution >= 0.6 is 0 Å². The third-order valence-electron chi connectivity index (χ3n) is 2.66. The minimum absolute atomic E-state index is 0.0428. The Hall–Kier alpha value is -2.31. The van der Waals surface area contributed by atoms with E-state index in [2.05, 4.69) is 15.3 Å². The third-order valence-corrected chi connectivity index (χ3v) is 2.66.